The molecule has 0 atom stereocenters. The average Bonchev–Trinajstić information content (AvgIpc) is 3.05. The highest BCUT2D eigenvalue weighted by molar-refractivity contribution is 7.15. The smallest absolute Gasteiger partial charge is 0.145 e. The molecule has 4 aromatic rings. The van der Waals surface area contributed by atoms with E-state index >= 15 is 0 Å². The molecule has 0 radical (unpaired) electrons. The third kappa shape index (κ3) is 3.50. The van der Waals surface area contributed by atoms with Crippen molar-refractivity contribution in [1.29, 1.82) is 0 Å². The predicted molar refractivity (Wildman–Crippen MR) is 111 cm³/mol. The molecule has 1 aromatic carbocycles. The van der Waals surface area contributed by atoms with Crippen LogP contribution in [-0.4, -0.2) is 32.3 Å². The maximum Gasteiger partial charge on any atom is 0.145 e. The molecule has 7 nitrogen and oxygen atoms in total. The monoisotopic (exact) mass is 392 g/mol. The first-order valence-corrected chi connectivity index (χ1v) is 9.67. The first kappa shape index (κ1) is 18.2. The molecule has 3 aromatic heterocycles. The molecule has 0 aliphatic rings. The molecule has 1 N–H and O–H groups in total. The van der Waals surface area contributed by atoms with Crippen LogP contribution in [0.1, 0.15) is 22.0 Å². The second kappa shape index (κ2) is 7.47. The van der Waals surface area contributed by atoms with Crippen molar-refractivity contribution in [2.24, 2.45) is 0 Å². The lowest BCUT2D eigenvalue weighted by molar-refractivity contribution is 0.419. The lowest BCUT2D eigenvalue weighted by Gasteiger charge is -2.11. The van der Waals surface area contributed by atoms with Crippen molar-refractivity contribution in [2.75, 3.05) is 12.4 Å². The number of rotatable bonds is 5. The Bertz CT molecular complexity index is 1120. The Morgan fingerprint density at radius 1 is 1.07 bits per heavy atom. The standard InChI is InChI=1S/C20H20N6OS/c1-11-5-6-15(26-25-11)9-21-19-16-7-14(20-24-12(2)13(3)28-20)8-17(27-4)18(16)22-10-23-19/h5-8,10H,9H2,1-4H3,(H,21,22,23). The van der Waals surface area contributed by atoms with Crippen LogP contribution >= 0.6 is 11.3 Å². The van der Waals surface area contributed by atoms with Gasteiger partial charge in [-0.15, -0.1) is 11.3 Å². The van der Waals surface area contributed by atoms with E-state index in [2.05, 4.69) is 43.5 Å². The van der Waals surface area contributed by atoms with E-state index in [9.17, 15) is 0 Å². The molecular formula is C20H20N6OS. The van der Waals surface area contributed by atoms with Gasteiger partial charge in [0.15, 0.2) is 0 Å². The number of hydrogen-bond donors (Lipinski definition) is 1. The van der Waals surface area contributed by atoms with E-state index in [1.807, 2.05) is 32.0 Å². The molecule has 0 unspecified atom stereocenters. The number of aromatic nitrogens is 5. The first-order valence-electron chi connectivity index (χ1n) is 8.85. The molecule has 0 spiro atoms. The van der Waals surface area contributed by atoms with Crippen LogP contribution in [0.2, 0.25) is 0 Å². The summed E-state index contributed by atoms with van der Waals surface area (Å²) in [4.78, 5) is 14.7. The predicted octanol–water partition coefficient (Wildman–Crippen LogP) is 4.09. The van der Waals surface area contributed by atoms with Gasteiger partial charge >= 0.3 is 0 Å². The van der Waals surface area contributed by atoms with E-state index in [-0.39, 0.29) is 0 Å². The van der Waals surface area contributed by atoms with E-state index in [0.717, 1.165) is 44.4 Å². The second-order valence-corrected chi connectivity index (χ2v) is 7.68. The van der Waals surface area contributed by atoms with Gasteiger partial charge in [0.25, 0.3) is 0 Å². The van der Waals surface area contributed by atoms with Crippen molar-refractivity contribution in [3.05, 3.63) is 52.6 Å². The van der Waals surface area contributed by atoms with Crippen LogP contribution < -0.4 is 10.1 Å². The summed E-state index contributed by atoms with van der Waals surface area (Å²) in [6.45, 7) is 6.53. The molecule has 0 aliphatic heterocycles. The Kier molecular flexibility index (Phi) is 4.87. The highest BCUT2D eigenvalue weighted by Gasteiger charge is 2.14. The number of aryl methyl sites for hydroxylation is 3. The molecular weight excluding hydrogens is 372 g/mol. The van der Waals surface area contributed by atoms with Crippen LogP contribution in [0.4, 0.5) is 5.82 Å². The maximum atomic E-state index is 5.59. The molecule has 0 saturated heterocycles. The quantitative estimate of drug-likeness (QED) is 0.547. The number of methoxy groups -OCH3 is 1. The number of hydrogen-bond acceptors (Lipinski definition) is 8. The topological polar surface area (TPSA) is 85.7 Å². The minimum atomic E-state index is 0.515. The van der Waals surface area contributed by atoms with Crippen molar-refractivity contribution < 1.29 is 4.74 Å². The van der Waals surface area contributed by atoms with E-state index in [4.69, 9.17) is 4.74 Å². The van der Waals surface area contributed by atoms with Gasteiger partial charge in [0.2, 0.25) is 0 Å². The summed E-state index contributed by atoms with van der Waals surface area (Å²) in [6, 6.07) is 7.92. The summed E-state index contributed by atoms with van der Waals surface area (Å²) in [6.07, 6.45) is 1.53. The van der Waals surface area contributed by atoms with Gasteiger partial charge in [-0.1, -0.05) is 0 Å². The third-order valence-corrected chi connectivity index (χ3v) is 5.61. The van der Waals surface area contributed by atoms with Crippen molar-refractivity contribution >= 4 is 28.1 Å². The molecule has 28 heavy (non-hydrogen) atoms. The molecule has 4 rings (SSSR count). The zero-order valence-corrected chi connectivity index (χ0v) is 17.0. The number of nitrogens with one attached hydrogen (secondary N) is 1. The van der Waals surface area contributed by atoms with Crippen LogP contribution in [0, 0.1) is 20.8 Å². The molecule has 142 valence electrons. The average molecular weight is 392 g/mol. The highest BCUT2D eigenvalue weighted by Crippen LogP contribution is 2.36. The zero-order valence-electron chi connectivity index (χ0n) is 16.1. The van der Waals surface area contributed by atoms with E-state index in [1.54, 1.807) is 18.4 Å². The van der Waals surface area contributed by atoms with Gasteiger partial charge in [-0.25, -0.2) is 15.0 Å². The minimum Gasteiger partial charge on any atom is -0.494 e. The second-order valence-electron chi connectivity index (χ2n) is 6.48. The van der Waals surface area contributed by atoms with Crippen molar-refractivity contribution in [1.82, 2.24) is 25.1 Å². The molecule has 0 fully saturated rings. The Hall–Kier alpha value is -3.13. The number of nitrogens with zero attached hydrogens (tertiary/aromatic N) is 5. The first-order chi connectivity index (χ1) is 13.5. The fourth-order valence-corrected chi connectivity index (χ4v) is 3.75. The minimum absolute atomic E-state index is 0.515. The van der Waals surface area contributed by atoms with Gasteiger partial charge in [-0.05, 0) is 45.0 Å². The molecule has 3 heterocycles. The largest absolute Gasteiger partial charge is 0.494 e. The summed E-state index contributed by atoms with van der Waals surface area (Å²) in [5.41, 5.74) is 4.51. The van der Waals surface area contributed by atoms with Crippen LogP contribution in [-0.2, 0) is 6.54 Å². The number of ether oxygens (including phenoxy) is 1. The number of thiazole rings is 1. The number of fused-ring (bicyclic) bond motifs is 1. The maximum absolute atomic E-state index is 5.59. The van der Waals surface area contributed by atoms with Gasteiger partial charge < -0.3 is 10.1 Å². The summed E-state index contributed by atoms with van der Waals surface area (Å²) < 4.78 is 5.59. The van der Waals surface area contributed by atoms with Crippen LogP contribution in [0.3, 0.4) is 0 Å². The summed E-state index contributed by atoms with van der Waals surface area (Å²) in [5.74, 6) is 1.41. The van der Waals surface area contributed by atoms with Gasteiger partial charge in [-0.3, -0.25) is 0 Å². The summed E-state index contributed by atoms with van der Waals surface area (Å²) in [7, 11) is 1.65. The molecule has 8 heteroatoms. The lowest BCUT2D eigenvalue weighted by Crippen LogP contribution is -2.05. The highest BCUT2D eigenvalue weighted by atomic mass is 32.1. The van der Waals surface area contributed by atoms with Crippen molar-refractivity contribution in [3.8, 4) is 16.3 Å². The number of anilines is 1. The Balaban J connectivity index is 1.76. The van der Waals surface area contributed by atoms with Crippen molar-refractivity contribution in [3.63, 3.8) is 0 Å². The SMILES string of the molecule is COc1cc(-c2nc(C)c(C)s2)cc2c(NCc3ccc(C)nn3)ncnc12. The zero-order chi connectivity index (χ0) is 19.7. The van der Waals surface area contributed by atoms with Gasteiger partial charge in [0, 0.05) is 15.8 Å². The Labute approximate surface area is 166 Å². The summed E-state index contributed by atoms with van der Waals surface area (Å²) in [5, 5.41) is 13.5. The Morgan fingerprint density at radius 2 is 1.93 bits per heavy atom. The van der Waals surface area contributed by atoms with Crippen LogP contribution in [0.5, 0.6) is 5.75 Å². The fraction of sp³-hybridized carbons (Fsp3) is 0.250. The molecule has 0 saturated carbocycles. The normalized spacial score (nSPS) is 11.0. The fourth-order valence-electron chi connectivity index (χ4n) is 2.85. The van der Waals surface area contributed by atoms with E-state index in [0.29, 0.717) is 12.3 Å². The van der Waals surface area contributed by atoms with Gasteiger partial charge in [0.1, 0.15) is 28.4 Å². The van der Waals surface area contributed by atoms with Gasteiger partial charge in [-0.2, -0.15) is 10.2 Å². The third-order valence-electron chi connectivity index (χ3n) is 4.49. The van der Waals surface area contributed by atoms with Crippen LogP contribution in [0.15, 0.2) is 30.6 Å². The van der Waals surface area contributed by atoms with E-state index < -0.39 is 0 Å². The number of benzene rings is 1. The molecule has 0 amide bonds. The van der Waals surface area contributed by atoms with Crippen molar-refractivity contribution in [2.45, 2.75) is 27.3 Å². The lowest BCUT2D eigenvalue weighted by atomic mass is 10.1. The van der Waals surface area contributed by atoms with Gasteiger partial charge in [0.05, 0.1) is 30.7 Å². The Morgan fingerprint density at radius 3 is 2.61 bits per heavy atom. The van der Waals surface area contributed by atoms with E-state index in [1.165, 1.54) is 11.2 Å². The van der Waals surface area contributed by atoms with Crippen LogP contribution in [0.25, 0.3) is 21.5 Å². The molecule has 0 aliphatic carbocycles. The summed E-state index contributed by atoms with van der Waals surface area (Å²) >= 11 is 1.67. The molecule has 0 bridgehead atoms.